The van der Waals surface area contributed by atoms with Crippen LogP contribution in [0.25, 0.3) is 0 Å². The van der Waals surface area contributed by atoms with Crippen LogP contribution in [0.1, 0.15) is 12.5 Å². The lowest BCUT2D eigenvalue weighted by molar-refractivity contribution is 0.0730. The molecule has 1 aliphatic heterocycles. The van der Waals surface area contributed by atoms with Crippen molar-refractivity contribution in [2.75, 3.05) is 38.1 Å². The molecule has 0 atom stereocenters. The molecule has 0 radical (unpaired) electrons. The summed E-state index contributed by atoms with van der Waals surface area (Å²) < 4.78 is 65.0. The number of anilines is 1. The fourth-order valence-electron chi connectivity index (χ4n) is 3.04. The van der Waals surface area contributed by atoms with Crippen molar-refractivity contribution in [3.63, 3.8) is 0 Å². The van der Waals surface area contributed by atoms with Crippen molar-refractivity contribution in [2.45, 2.75) is 23.1 Å². The largest absolute Gasteiger partial charge is 0.496 e. The average molecular weight is 441 g/mol. The summed E-state index contributed by atoms with van der Waals surface area (Å²) in [5.41, 5.74) is 1.06. The first-order chi connectivity index (χ1) is 13.8. The number of aryl methyl sites for hydroxylation is 1. The van der Waals surface area contributed by atoms with Crippen LogP contribution < -0.4 is 9.46 Å². The molecule has 1 fully saturated rings. The van der Waals surface area contributed by atoms with Crippen LogP contribution in [-0.4, -0.2) is 54.6 Å². The Balaban J connectivity index is 1.80. The van der Waals surface area contributed by atoms with Crippen molar-refractivity contribution >= 4 is 25.7 Å². The van der Waals surface area contributed by atoms with Crippen LogP contribution >= 0.6 is 0 Å². The summed E-state index contributed by atoms with van der Waals surface area (Å²) in [5, 5.41) is 0. The van der Waals surface area contributed by atoms with E-state index >= 15 is 0 Å². The van der Waals surface area contributed by atoms with E-state index in [0.29, 0.717) is 38.5 Å². The van der Waals surface area contributed by atoms with Gasteiger partial charge in [0.15, 0.2) is 0 Å². The van der Waals surface area contributed by atoms with E-state index in [1.165, 1.54) is 41.7 Å². The van der Waals surface area contributed by atoms with Crippen LogP contribution in [0.2, 0.25) is 0 Å². The second-order valence-corrected chi connectivity index (χ2v) is 10.1. The fourth-order valence-corrected chi connectivity index (χ4v) is 5.56. The van der Waals surface area contributed by atoms with Gasteiger partial charge >= 0.3 is 0 Å². The molecule has 1 heterocycles. The van der Waals surface area contributed by atoms with E-state index < -0.39 is 20.0 Å². The Morgan fingerprint density at radius 1 is 1.00 bits per heavy atom. The van der Waals surface area contributed by atoms with Crippen LogP contribution in [0, 0.1) is 0 Å². The van der Waals surface area contributed by atoms with Gasteiger partial charge < -0.3 is 9.47 Å². The second kappa shape index (κ2) is 8.70. The molecule has 1 N–H and O–H groups in total. The first-order valence-electron chi connectivity index (χ1n) is 9.15. The number of hydrogen-bond donors (Lipinski definition) is 1. The van der Waals surface area contributed by atoms with E-state index in [9.17, 15) is 16.8 Å². The molecule has 3 rings (SSSR count). The van der Waals surface area contributed by atoms with Gasteiger partial charge in [-0.15, -0.1) is 0 Å². The van der Waals surface area contributed by atoms with Gasteiger partial charge in [-0.25, -0.2) is 16.8 Å². The quantitative estimate of drug-likeness (QED) is 0.707. The highest BCUT2D eigenvalue weighted by atomic mass is 32.2. The molecule has 0 spiro atoms. The highest BCUT2D eigenvalue weighted by Crippen LogP contribution is 2.25. The third-order valence-electron chi connectivity index (χ3n) is 4.66. The molecular formula is C19H24N2O6S2. The highest BCUT2D eigenvalue weighted by molar-refractivity contribution is 7.92. The Bertz CT molecular complexity index is 1060. The molecule has 2 aromatic carbocycles. The molecule has 0 saturated carbocycles. The van der Waals surface area contributed by atoms with Gasteiger partial charge in [-0.2, -0.15) is 4.31 Å². The molecule has 158 valence electrons. The van der Waals surface area contributed by atoms with Crippen molar-refractivity contribution in [1.82, 2.24) is 4.31 Å². The molecule has 0 aromatic heterocycles. The van der Waals surface area contributed by atoms with Crippen molar-refractivity contribution in [2.24, 2.45) is 0 Å². The molecule has 0 unspecified atom stereocenters. The van der Waals surface area contributed by atoms with Gasteiger partial charge in [0, 0.05) is 18.8 Å². The Labute approximate surface area is 171 Å². The zero-order chi connectivity index (χ0) is 21.1. The molecule has 10 heteroatoms. The number of nitrogens with one attached hydrogen (secondary N) is 1. The lowest BCUT2D eigenvalue weighted by Crippen LogP contribution is -2.40. The van der Waals surface area contributed by atoms with Gasteiger partial charge in [0.25, 0.3) is 10.0 Å². The third-order valence-corrected chi connectivity index (χ3v) is 7.95. The number of sulfonamides is 2. The van der Waals surface area contributed by atoms with Gasteiger partial charge in [0.05, 0.1) is 30.1 Å². The van der Waals surface area contributed by atoms with Crippen LogP contribution in [-0.2, 0) is 31.2 Å². The predicted molar refractivity (Wildman–Crippen MR) is 109 cm³/mol. The lowest BCUT2D eigenvalue weighted by atomic mass is 10.1. The minimum atomic E-state index is -3.82. The van der Waals surface area contributed by atoms with E-state index in [-0.39, 0.29) is 15.5 Å². The SMILES string of the molecule is CCc1cc(S(=O)(=O)Nc2ccc(S(=O)(=O)N3CCOCC3)cc2)ccc1OC. The maximum atomic E-state index is 12.7. The van der Waals surface area contributed by atoms with Gasteiger partial charge in [-0.3, -0.25) is 4.72 Å². The average Bonchev–Trinajstić information content (AvgIpc) is 2.74. The minimum absolute atomic E-state index is 0.111. The van der Waals surface area contributed by atoms with Crippen LogP contribution in [0.4, 0.5) is 5.69 Å². The van der Waals surface area contributed by atoms with E-state index in [1.54, 1.807) is 12.1 Å². The smallest absolute Gasteiger partial charge is 0.261 e. The molecule has 1 aliphatic rings. The van der Waals surface area contributed by atoms with Crippen molar-refractivity contribution in [1.29, 1.82) is 0 Å². The molecule has 8 nitrogen and oxygen atoms in total. The summed E-state index contributed by atoms with van der Waals surface area (Å²) in [7, 11) is -5.92. The number of rotatable bonds is 7. The molecule has 2 aromatic rings. The normalized spacial score (nSPS) is 15.8. The maximum Gasteiger partial charge on any atom is 0.261 e. The van der Waals surface area contributed by atoms with Crippen LogP contribution in [0.5, 0.6) is 5.75 Å². The van der Waals surface area contributed by atoms with Crippen LogP contribution in [0.15, 0.2) is 52.3 Å². The molecular weight excluding hydrogens is 416 g/mol. The third kappa shape index (κ3) is 4.72. The molecule has 0 amide bonds. The summed E-state index contributed by atoms with van der Waals surface area (Å²) in [4.78, 5) is 0.222. The first kappa shape index (κ1) is 21.6. The number of benzene rings is 2. The number of nitrogens with zero attached hydrogens (tertiary/aromatic N) is 1. The zero-order valence-corrected chi connectivity index (χ0v) is 17.9. The topological polar surface area (TPSA) is 102 Å². The molecule has 1 saturated heterocycles. The van der Waals surface area contributed by atoms with Crippen molar-refractivity contribution < 1.29 is 26.3 Å². The van der Waals surface area contributed by atoms with Crippen molar-refractivity contribution in [3.05, 3.63) is 48.0 Å². The summed E-state index contributed by atoms with van der Waals surface area (Å²) in [5.74, 6) is 0.629. The minimum Gasteiger partial charge on any atom is -0.496 e. The monoisotopic (exact) mass is 440 g/mol. The molecule has 0 aliphatic carbocycles. The Hall–Kier alpha value is -2.14. The lowest BCUT2D eigenvalue weighted by Gasteiger charge is -2.26. The number of morpholine rings is 1. The van der Waals surface area contributed by atoms with Gasteiger partial charge in [-0.1, -0.05) is 6.92 Å². The Kier molecular flexibility index (Phi) is 6.47. The van der Waals surface area contributed by atoms with Gasteiger partial charge in [0.1, 0.15) is 5.75 Å². The second-order valence-electron chi connectivity index (χ2n) is 6.47. The maximum absolute atomic E-state index is 12.7. The van der Waals surface area contributed by atoms with Crippen LogP contribution in [0.3, 0.4) is 0 Å². The predicted octanol–water partition coefficient (Wildman–Crippen LogP) is 2.08. The van der Waals surface area contributed by atoms with E-state index in [1.807, 2.05) is 6.92 Å². The summed E-state index contributed by atoms with van der Waals surface area (Å²) >= 11 is 0. The standard InChI is InChI=1S/C19H24N2O6S2/c1-3-15-14-18(8-9-19(15)26-2)28(22,23)20-16-4-6-17(7-5-16)29(24,25)21-10-12-27-13-11-21/h4-9,14,20H,3,10-13H2,1-2H3. The van der Waals surface area contributed by atoms with E-state index in [0.717, 1.165) is 5.56 Å². The highest BCUT2D eigenvalue weighted by Gasteiger charge is 2.26. The number of ether oxygens (including phenoxy) is 2. The molecule has 0 bridgehead atoms. The summed E-state index contributed by atoms with van der Waals surface area (Å²) in [6.45, 7) is 3.23. The Morgan fingerprint density at radius 2 is 1.62 bits per heavy atom. The fraction of sp³-hybridized carbons (Fsp3) is 0.368. The Morgan fingerprint density at radius 3 is 2.21 bits per heavy atom. The summed E-state index contributed by atoms with van der Waals surface area (Å²) in [6.07, 6.45) is 0.626. The molecule has 29 heavy (non-hydrogen) atoms. The van der Waals surface area contributed by atoms with Crippen molar-refractivity contribution in [3.8, 4) is 5.75 Å². The van der Waals surface area contributed by atoms with E-state index in [2.05, 4.69) is 4.72 Å². The summed E-state index contributed by atoms with van der Waals surface area (Å²) in [6, 6.07) is 10.3. The number of hydrogen-bond acceptors (Lipinski definition) is 6. The number of methoxy groups -OCH3 is 1. The van der Waals surface area contributed by atoms with Gasteiger partial charge in [0.2, 0.25) is 10.0 Å². The van der Waals surface area contributed by atoms with E-state index in [4.69, 9.17) is 9.47 Å². The first-order valence-corrected chi connectivity index (χ1v) is 12.1. The zero-order valence-electron chi connectivity index (χ0n) is 16.3. The van der Waals surface area contributed by atoms with Gasteiger partial charge in [-0.05, 0) is 54.4 Å².